The zero-order chi connectivity index (χ0) is 13.7. The van der Waals surface area contributed by atoms with E-state index in [4.69, 9.17) is 5.11 Å². The van der Waals surface area contributed by atoms with E-state index in [0.717, 1.165) is 16.8 Å². The molecule has 19 heavy (non-hydrogen) atoms. The molecule has 0 bridgehead atoms. The van der Waals surface area contributed by atoms with Gasteiger partial charge in [0, 0.05) is 19.3 Å². The highest BCUT2D eigenvalue weighted by atomic mass is 16.4. The molecule has 2 N–H and O–H groups in total. The smallest absolute Gasteiger partial charge is 0.336 e. The van der Waals surface area contributed by atoms with Gasteiger partial charge in [-0.1, -0.05) is 24.3 Å². The first-order valence-corrected chi connectivity index (χ1v) is 6.11. The van der Waals surface area contributed by atoms with Crippen LogP contribution in [0, 0.1) is 6.92 Å². The van der Waals surface area contributed by atoms with Gasteiger partial charge in [-0.2, -0.15) is 0 Å². The topological polar surface area (TPSA) is 62.2 Å². The second-order valence-corrected chi connectivity index (χ2v) is 4.33. The number of hydrogen-bond acceptors (Lipinski definition) is 3. The Kier molecular flexibility index (Phi) is 4.26. The molecule has 0 unspecified atom stereocenters. The molecule has 0 saturated carbocycles. The number of benzene rings is 1. The first-order chi connectivity index (χ1) is 9.18. The van der Waals surface area contributed by atoms with Crippen molar-refractivity contribution in [2.24, 2.45) is 0 Å². The lowest BCUT2D eigenvalue weighted by atomic mass is 10.1. The number of pyridine rings is 1. The van der Waals surface area contributed by atoms with Crippen LogP contribution in [0.3, 0.4) is 0 Å². The quantitative estimate of drug-likeness (QED) is 0.862. The molecule has 98 valence electrons. The molecule has 2 rings (SSSR count). The van der Waals surface area contributed by atoms with Crippen molar-refractivity contribution in [3.8, 4) is 0 Å². The zero-order valence-corrected chi connectivity index (χ0v) is 10.8. The van der Waals surface area contributed by atoms with Crippen LogP contribution in [0.4, 0.5) is 0 Å². The average Bonchev–Trinajstić information content (AvgIpc) is 2.41. The lowest BCUT2D eigenvalue weighted by molar-refractivity contribution is 0.0695. The number of rotatable bonds is 5. The van der Waals surface area contributed by atoms with Gasteiger partial charge in [-0.15, -0.1) is 0 Å². The van der Waals surface area contributed by atoms with Crippen molar-refractivity contribution in [3.05, 3.63) is 65.0 Å². The molecular weight excluding hydrogens is 240 g/mol. The highest BCUT2D eigenvalue weighted by Gasteiger charge is 2.08. The first-order valence-electron chi connectivity index (χ1n) is 6.11. The van der Waals surface area contributed by atoms with Gasteiger partial charge in [0.15, 0.2) is 0 Å². The van der Waals surface area contributed by atoms with Gasteiger partial charge in [0.05, 0.1) is 11.3 Å². The maximum absolute atomic E-state index is 11.1. The molecular formula is C15H16N2O2. The Morgan fingerprint density at radius 1 is 1.21 bits per heavy atom. The van der Waals surface area contributed by atoms with Crippen LogP contribution in [0.15, 0.2) is 42.6 Å². The molecule has 0 aliphatic rings. The number of hydrogen-bond donors (Lipinski definition) is 2. The molecule has 0 aliphatic heterocycles. The molecule has 1 aromatic carbocycles. The minimum absolute atomic E-state index is 0.341. The third kappa shape index (κ3) is 3.39. The maximum atomic E-state index is 11.1. The first kappa shape index (κ1) is 13.2. The molecule has 0 saturated heterocycles. The third-order valence-corrected chi connectivity index (χ3v) is 2.97. The molecule has 4 nitrogen and oxygen atoms in total. The summed E-state index contributed by atoms with van der Waals surface area (Å²) < 4.78 is 0. The summed E-state index contributed by atoms with van der Waals surface area (Å²) in [6, 6.07) is 10.9. The Balaban J connectivity index is 2.00. The second-order valence-electron chi connectivity index (χ2n) is 4.33. The van der Waals surface area contributed by atoms with Crippen molar-refractivity contribution in [3.63, 3.8) is 0 Å². The molecule has 4 heteroatoms. The number of nitrogens with zero attached hydrogens (tertiary/aromatic N) is 1. The summed E-state index contributed by atoms with van der Waals surface area (Å²) in [5, 5.41) is 12.3. The number of aryl methyl sites for hydroxylation is 1. The number of carbonyl (C=O) groups is 1. The van der Waals surface area contributed by atoms with Crippen LogP contribution < -0.4 is 5.32 Å². The molecule has 0 amide bonds. The Bertz CT molecular complexity index is 582. The van der Waals surface area contributed by atoms with E-state index in [0.29, 0.717) is 18.7 Å². The Hall–Kier alpha value is -2.20. The molecule has 0 radical (unpaired) electrons. The van der Waals surface area contributed by atoms with Crippen molar-refractivity contribution in [1.82, 2.24) is 10.3 Å². The van der Waals surface area contributed by atoms with Crippen LogP contribution >= 0.6 is 0 Å². The van der Waals surface area contributed by atoms with Gasteiger partial charge in [-0.05, 0) is 30.2 Å². The predicted molar refractivity (Wildman–Crippen MR) is 72.9 cm³/mol. The largest absolute Gasteiger partial charge is 0.478 e. The Morgan fingerprint density at radius 3 is 2.74 bits per heavy atom. The fourth-order valence-electron chi connectivity index (χ4n) is 1.90. The summed E-state index contributed by atoms with van der Waals surface area (Å²) in [7, 11) is 0. The molecule has 0 spiro atoms. The molecule has 0 aliphatic carbocycles. The van der Waals surface area contributed by atoms with Crippen molar-refractivity contribution in [2.75, 3.05) is 0 Å². The summed E-state index contributed by atoms with van der Waals surface area (Å²) in [4.78, 5) is 15.4. The van der Waals surface area contributed by atoms with Gasteiger partial charge in [0.25, 0.3) is 0 Å². The highest BCUT2D eigenvalue weighted by Crippen LogP contribution is 2.09. The van der Waals surface area contributed by atoms with Crippen molar-refractivity contribution in [2.45, 2.75) is 20.0 Å². The zero-order valence-electron chi connectivity index (χ0n) is 10.8. The van der Waals surface area contributed by atoms with Crippen molar-refractivity contribution < 1.29 is 9.90 Å². The third-order valence-electron chi connectivity index (χ3n) is 2.97. The fourth-order valence-corrected chi connectivity index (χ4v) is 1.90. The fraction of sp³-hybridized carbons (Fsp3) is 0.200. The van der Waals surface area contributed by atoms with Crippen molar-refractivity contribution >= 4 is 5.97 Å². The lowest BCUT2D eigenvalue weighted by Crippen LogP contribution is -2.16. The highest BCUT2D eigenvalue weighted by molar-refractivity contribution is 5.89. The van der Waals surface area contributed by atoms with Crippen LogP contribution in [0.2, 0.25) is 0 Å². The summed E-state index contributed by atoms with van der Waals surface area (Å²) in [6.07, 6.45) is 1.76. The van der Waals surface area contributed by atoms with Gasteiger partial charge in [0.1, 0.15) is 0 Å². The molecule has 0 atom stereocenters. The molecule has 0 fully saturated rings. The number of aromatic nitrogens is 1. The van der Waals surface area contributed by atoms with Gasteiger partial charge < -0.3 is 10.4 Å². The Morgan fingerprint density at radius 2 is 2.00 bits per heavy atom. The second kappa shape index (κ2) is 6.11. The van der Waals surface area contributed by atoms with E-state index in [1.165, 1.54) is 0 Å². The molecule has 1 aromatic heterocycles. The van der Waals surface area contributed by atoms with Crippen LogP contribution in [-0.4, -0.2) is 16.1 Å². The van der Waals surface area contributed by atoms with E-state index >= 15 is 0 Å². The van der Waals surface area contributed by atoms with Crippen LogP contribution in [0.5, 0.6) is 0 Å². The van der Waals surface area contributed by atoms with Crippen LogP contribution in [0.25, 0.3) is 0 Å². The number of carboxylic acids is 1. The van der Waals surface area contributed by atoms with Gasteiger partial charge in [-0.25, -0.2) is 4.79 Å². The predicted octanol–water partition coefficient (Wildman–Crippen LogP) is 2.38. The summed E-state index contributed by atoms with van der Waals surface area (Å²) in [6.45, 7) is 3.15. The minimum atomic E-state index is -0.897. The van der Waals surface area contributed by atoms with Gasteiger partial charge in [-0.3, -0.25) is 4.98 Å². The summed E-state index contributed by atoms with van der Waals surface area (Å²) in [5.74, 6) is -0.897. The molecule has 1 heterocycles. The lowest BCUT2D eigenvalue weighted by Gasteiger charge is -2.08. The van der Waals surface area contributed by atoms with Crippen molar-refractivity contribution in [1.29, 1.82) is 0 Å². The standard InChI is InChI=1S/C15H16N2O2/c1-11-5-4-8-17-14(11)10-16-9-12-6-2-3-7-13(12)15(18)19/h2-8,16H,9-10H2,1H3,(H,18,19). The SMILES string of the molecule is Cc1cccnc1CNCc1ccccc1C(=O)O. The van der Waals surface area contributed by atoms with Gasteiger partial charge in [0.2, 0.25) is 0 Å². The number of carboxylic acid groups (broad SMARTS) is 1. The van der Waals surface area contributed by atoms with E-state index < -0.39 is 5.97 Å². The normalized spacial score (nSPS) is 10.4. The maximum Gasteiger partial charge on any atom is 0.336 e. The summed E-state index contributed by atoms with van der Waals surface area (Å²) >= 11 is 0. The summed E-state index contributed by atoms with van der Waals surface area (Å²) in [5.41, 5.74) is 3.23. The minimum Gasteiger partial charge on any atom is -0.478 e. The number of nitrogens with one attached hydrogen (secondary N) is 1. The van der Waals surface area contributed by atoms with Crippen LogP contribution in [0.1, 0.15) is 27.2 Å². The average molecular weight is 256 g/mol. The molecule has 2 aromatic rings. The van der Waals surface area contributed by atoms with E-state index in [-0.39, 0.29) is 0 Å². The monoisotopic (exact) mass is 256 g/mol. The van der Waals surface area contributed by atoms with E-state index in [9.17, 15) is 4.79 Å². The van der Waals surface area contributed by atoms with E-state index in [2.05, 4.69) is 10.3 Å². The van der Waals surface area contributed by atoms with E-state index in [1.807, 2.05) is 31.2 Å². The van der Waals surface area contributed by atoms with E-state index in [1.54, 1.807) is 18.3 Å². The Labute approximate surface area is 112 Å². The van der Waals surface area contributed by atoms with Crippen LogP contribution in [-0.2, 0) is 13.1 Å². The number of aromatic carboxylic acids is 1. The van der Waals surface area contributed by atoms with Gasteiger partial charge >= 0.3 is 5.97 Å².